The number of aromatic nitrogens is 5. The van der Waals surface area contributed by atoms with E-state index in [0.717, 1.165) is 10.4 Å². The zero-order chi connectivity index (χ0) is 34.7. The molecule has 5 rings (SSSR count). The second-order valence-electron chi connectivity index (χ2n) is 12.1. The van der Waals surface area contributed by atoms with E-state index in [9.17, 15) is 28.0 Å². The average Bonchev–Trinajstić information content (AvgIpc) is 3.64. The van der Waals surface area contributed by atoms with Crippen LogP contribution in [0.5, 0.6) is 0 Å². The highest BCUT2D eigenvalue weighted by Gasteiger charge is 2.29. The largest absolute Gasteiger partial charge is 0.516 e. The molecule has 0 bridgehead atoms. The van der Waals surface area contributed by atoms with Crippen molar-refractivity contribution < 1.29 is 46.7 Å². The Bertz CT molecular complexity index is 1820. The van der Waals surface area contributed by atoms with Crippen molar-refractivity contribution in [3.8, 4) is 5.69 Å². The summed E-state index contributed by atoms with van der Waals surface area (Å²) in [7, 11) is 0. The normalized spacial score (nSPS) is 13.6. The second kappa shape index (κ2) is 13.6. The minimum atomic E-state index is -3.02. The first-order valence-corrected chi connectivity index (χ1v) is 15.0. The molecule has 0 radical (unpaired) electrons. The second-order valence-corrected chi connectivity index (χ2v) is 12.1. The lowest BCUT2D eigenvalue weighted by Gasteiger charge is -2.36. The van der Waals surface area contributed by atoms with Crippen LogP contribution < -0.4 is 14.7 Å². The van der Waals surface area contributed by atoms with E-state index < -0.39 is 41.9 Å². The van der Waals surface area contributed by atoms with Crippen molar-refractivity contribution in [2.75, 3.05) is 36.4 Å². The van der Waals surface area contributed by atoms with Crippen molar-refractivity contribution in [1.29, 1.82) is 0 Å². The standard InChI is InChI=1S/C31H34F2N8O7/c1-19(2)46-30(45)47-28(43)20-6-8-21(9-7-20)39-18-23(25(36-39)26(32)33)35-27(42)24-16-34-41-11-10-22(17-40(24)41)37-12-14-38(15-13-37)29(44)48-31(3,4)5/h6-11,16-19,26H,12-15H2,1-5H3/p+1. The van der Waals surface area contributed by atoms with Gasteiger partial charge in [0.15, 0.2) is 5.69 Å². The van der Waals surface area contributed by atoms with Crippen LogP contribution in [-0.4, -0.2) is 86.4 Å². The molecule has 1 aliphatic heterocycles. The van der Waals surface area contributed by atoms with Gasteiger partial charge in [-0.2, -0.15) is 5.10 Å². The van der Waals surface area contributed by atoms with Gasteiger partial charge in [0.2, 0.25) is 6.20 Å². The van der Waals surface area contributed by atoms with Crippen LogP contribution in [0.4, 0.5) is 29.7 Å². The Hall–Kier alpha value is -5.61. The molecular weight excluding hydrogens is 634 g/mol. The Labute approximate surface area is 273 Å². The molecule has 17 heteroatoms. The Morgan fingerprint density at radius 1 is 0.979 bits per heavy atom. The van der Waals surface area contributed by atoms with Gasteiger partial charge in [-0.15, -0.1) is 4.52 Å². The minimum Gasteiger partial charge on any atom is -0.444 e. The minimum absolute atomic E-state index is 0.0172. The smallest absolute Gasteiger partial charge is 0.444 e. The third kappa shape index (κ3) is 7.84. The van der Waals surface area contributed by atoms with Gasteiger partial charge in [0, 0.05) is 31.3 Å². The highest BCUT2D eigenvalue weighted by atomic mass is 19.3. The van der Waals surface area contributed by atoms with Crippen LogP contribution in [0.3, 0.4) is 0 Å². The molecule has 15 nitrogen and oxygen atoms in total. The molecule has 1 fully saturated rings. The van der Waals surface area contributed by atoms with Gasteiger partial charge in [-0.05, 0) is 69.6 Å². The molecular formula is C31H35F2N8O7+. The number of nitrogens with zero attached hydrogens (tertiary/aromatic N) is 7. The molecule has 1 aromatic carbocycles. The fourth-order valence-electron chi connectivity index (χ4n) is 4.78. The Kier molecular flexibility index (Phi) is 9.58. The van der Waals surface area contributed by atoms with Gasteiger partial charge in [-0.25, -0.2) is 27.8 Å². The highest BCUT2D eigenvalue weighted by Crippen LogP contribution is 2.27. The maximum atomic E-state index is 14.0. The summed E-state index contributed by atoms with van der Waals surface area (Å²) in [5, 5.41) is 10.6. The fraction of sp³-hybridized carbons (Fsp3) is 0.387. The first-order valence-electron chi connectivity index (χ1n) is 15.0. The van der Waals surface area contributed by atoms with Crippen LogP contribution in [0.1, 0.15) is 67.6 Å². The van der Waals surface area contributed by atoms with E-state index in [1.54, 1.807) is 31.1 Å². The monoisotopic (exact) mass is 669 g/mol. The van der Waals surface area contributed by atoms with Crippen molar-refractivity contribution in [3.05, 3.63) is 72.1 Å². The van der Waals surface area contributed by atoms with Crippen LogP contribution in [-0.2, 0) is 14.2 Å². The zero-order valence-electron chi connectivity index (χ0n) is 26.9. The molecule has 0 saturated carbocycles. The first kappa shape index (κ1) is 33.7. The topological polar surface area (TPSA) is 154 Å². The summed E-state index contributed by atoms with van der Waals surface area (Å²) >= 11 is 0. The lowest BCUT2D eigenvalue weighted by molar-refractivity contribution is -0.624. The molecule has 254 valence electrons. The summed E-state index contributed by atoms with van der Waals surface area (Å²) in [4.78, 5) is 53.4. The molecule has 1 aliphatic rings. The summed E-state index contributed by atoms with van der Waals surface area (Å²) in [5.41, 5.74) is -0.368. The molecule has 3 aromatic heterocycles. The average molecular weight is 670 g/mol. The maximum Gasteiger partial charge on any atom is 0.516 e. The van der Waals surface area contributed by atoms with Crippen LogP contribution in [0.2, 0.25) is 0 Å². The number of hydrogen-bond acceptors (Lipinski definition) is 10. The van der Waals surface area contributed by atoms with E-state index in [1.807, 2.05) is 31.7 Å². The number of fused-ring (bicyclic) bond motifs is 1. The molecule has 0 spiro atoms. The fourth-order valence-corrected chi connectivity index (χ4v) is 4.78. The molecule has 4 aromatic rings. The van der Waals surface area contributed by atoms with Gasteiger partial charge >= 0.3 is 24.1 Å². The van der Waals surface area contributed by atoms with Gasteiger partial charge < -0.3 is 29.3 Å². The van der Waals surface area contributed by atoms with Gasteiger partial charge in [-0.1, -0.05) is 0 Å². The first-order chi connectivity index (χ1) is 22.7. The highest BCUT2D eigenvalue weighted by molar-refractivity contribution is 6.02. The van der Waals surface area contributed by atoms with Crippen molar-refractivity contribution >= 4 is 35.5 Å². The van der Waals surface area contributed by atoms with Crippen LogP contribution in [0.15, 0.2) is 55.1 Å². The van der Waals surface area contributed by atoms with E-state index in [-0.39, 0.29) is 23.0 Å². The Balaban J connectivity index is 1.29. The number of hydrogen-bond donors (Lipinski definition) is 1. The SMILES string of the molecule is CC(C)OC(=O)OC(=O)c1ccc(-n2cc(NC(=O)c3cnn4ccc(N5CCN(C(=O)OC(C)(C)C)CC5)c[n+]34)c(C(F)F)n2)cc1. The molecule has 1 N–H and O–H groups in total. The van der Waals surface area contributed by atoms with Crippen LogP contribution in [0.25, 0.3) is 5.69 Å². The molecule has 0 unspecified atom stereocenters. The van der Waals surface area contributed by atoms with Crippen molar-refractivity contribution in [2.45, 2.75) is 52.7 Å². The summed E-state index contributed by atoms with van der Waals surface area (Å²) in [5.74, 6) is -1.67. The lowest BCUT2D eigenvalue weighted by atomic mass is 10.2. The van der Waals surface area contributed by atoms with E-state index in [0.29, 0.717) is 31.9 Å². The van der Waals surface area contributed by atoms with Gasteiger partial charge in [0.1, 0.15) is 11.8 Å². The zero-order valence-corrected chi connectivity index (χ0v) is 26.9. The Morgan fingerprint density at radius 2 is 1.67 bits per heavy atom. The van der Waals surface area contributed by atoms with Gasteiger partial charge in [-0.3, -0.25) is 4.79 Å². The number of carbonyl (C=O) groups excluding carboxylic acids is 4. The molecule has 0 atom stereocenters. The van der Waals surface area contributed by atoms with Crippen LogP contribution in [0, 0.1) is 0 Å². The maximum absolute atomic E-state index is 14.0. The number of benzene rings is 1. The molecule has 2 amide bonds. The third-order valence-corrected chi connectivity index (χ3v) is 7.00. The number of carbonyl (C=O) groups is 4. The van der Waals surface area contributed by atoms with Crippen molar-refractivity contribution in [3.63, 3.8) is 0 Å². The summed E-state index contributed by atoms with van der Waals surface area (Å²) in [6.07, 6.45) is 0.849. The summed E-state index contributed by atoms with van der Waals surface area (Å²) in [6, 6.07) is 7.29. The summed E-state index contributed by atoms with van der Waals surface area (Å²) < 4.78 is 46.9. The predicted molar refractivity (Wildman–Crippen MR) is 164 cm³/mol. The quantitative estimate of drug-likeness (QED) is 0.173. The van der Waals surface area contributed by atoms with Crippen LogP contribution >= 0.6 is 0 Å². The predicted octanol–water partition coefficient (Wildman–Crippen LogP) is 4.05. The number of alkyl halides is 2. The number of esters is 1. The van der Waals surface area contributed by atoms with Crippen molar-refractivity contribution in [1.82, 2.24) is 24.4 Å². The molecule has 4 heterocycles. The molecule has 1 saturated heterocycles. The number of nitrogens with one attached hydrogen (secondary N) is 1. The third-order valence-electron chi connectivity index (χ3n) is 7.00. The lowest BCUT2D eigenvalue weighted by Crippen LogP contribution is -2.50. The number of rotatable bonds is 7. The Morgan fingerprint density at radius 3 is 2.29 bits per heavy atom. The number of anilines is 2. The molecule has 48 heavy (non-hydrogen) atoms. The van der Waals surface area contributed by atoms with E-state index in [4.69, 9.17) is 9.47 Å². The number of piperazine rings is 1. The number of amides is 2. The van der Waals surface area contributed by atoms with Crippen molar-refractivity contribution in [2.24, 2.45) is 0 Å². The number of halogens is 2. The summed E-state index contributed by atoms with van der Waals surface area (Å²) in [6.45, 7) is 10.6. The number of ether oxygens (including phenoxy) is 3. The van der Waals surface area contributed by atoms with E-state index in [2.05, 4.69) is 20.3 Å². The van der Waals surface area contributed by atoms with Gasteiger partial charge in [0.25, 0.3) is 12.1 Å². The van der Waals surface area contributed by atoms with E-state index in [1.165, 1.54) is 45.8 Å². The van der Waals surface area contributed by atoms with E-state index >= 15 is 0 Å². The van der Waals surface area contributed by atoms with Gasteiger partial charge in [0.05, 0.1) is 41.1 Å². The molecule has 0 aliphatic carbocycles.